The lowest BCUT2D eigenvalue weighted by Crippen LogP contribution is -2.35. The van der Waals surface area contributed by atoms with Crippen LogP contribution in [0.4, 0.5) is 0 Å². The minimum atomic E-state index is -0.937. The zero-order chi connectivity index (χ0) is 36.4. The maximum absolute atomic E-state index is 13.2. The average Bonchev–Trinajstić information content (AvgIpc) is 3.69. The van der Waals surface area contributed by atoms with Gasteiger partial charge in [0.1, 0.15) is 6.54 Å². The molecule has 0 aliphatic carbocycles. The number of aliphatic carboxylic acids is 2. The molecule has 3 aromatic heterocycles. The fourth-order valence-electron chi connectivity index (χ4n) is 7.00. The van der Waals surface area contributed by atoms with Crippen molar-refractivity contribution < 1.29 is 29.4 Å². The molecule has 12 nitrogen and oxygen atoms in total. The zero-order valence-electron chi connectivity index (χ0n) is 29.4. The topological polar surface area (TPSA) is 193 Å². The summed E-state index contributed by atoms with van der Waals surface area (Å²) in [5.41, 5.74) is 18.5. The molecule has 6 N–H and O–H groups in total. The van der Waals surface area contributed by atoms with E-state index in [1.807, 2.05) is 43.5 Å². The number of nitrogens with zero attached hydrogens (tertiary/aromatic N) is 3. The number of carboxylic acid groups (broad SMARTS) is 2. The number of fused-ring (bicyclic) bond motifs is 8. The van der Waals surface area contributed by atoms with Crippen LogP contribution < -0.4 is 11.1 Å². The molecule has 50 heavy (non-hydrogen) atoms. The van der Waals surface area contributed by atoms with Crippen LogP contribution in [0.5, 0.6) is 0 Å². The summed E-state index contributed by atoms with van der Waals surface area (Å²) < 4.78 is 1.93. The lowest BCUT2D eigenvalue weighted by atomic mass is 9.98. The van der Waals surface area contributed by atoms with Gasteiger partial charge in [-0.3, -0.25) is 19.2 Å². The smallest absolute Gasteiger partial charge is 0.303 e. The van der Waals surface area contributed by atoms with E-state index in [9.17, 15) is 29.4 Å². The molecule has 5 heterocycles. The molecule has 5 rings (SSSR count). The highest BCUT2D eigenvalue weighted by Crippen LogP contribution is 2.38. The molecule has 0 fully saturated rings. The largest absolute Gasteiger partial charge is 0.481 e. The fourth-order valence-corrected chi connectivity index (χ4v) is 7.00. The second-order valence-electron chi connectivity index (χ2n) is 12.8. The van der Waals surface area contributed by atoms with Crippen molar-refractivity contribution in [2.45, 2.75) is 86.6 Å². The Morgan fingerprint density at radius 1 is 0.740 bits per heavy atom. The van der Waals surface area contributed by atoms with Crippen molar-refractivity contribution in [1.82, 2.24) is 24.8 Å². The number of nitrogens with two attached hydrogens (primary N) is 1. The van der Waals surface area contributed by atoms with Crippen molar-refractivity contribution in [3.63, 3.8) is 0 Å². The Kier molecular flexibility index (Phi) is 10.4. The van der Waals surface area contributed by atoms with Crippen LogP contribution in [0.15, 0.2) is 24.3 Å². The molecule has 3 aromatic rings. The number of primary amides is 1. The van der Waals surface area contributed by atoms with Gasteiger partial charge in [-0.15, -0.1) is 0 Å². The van der Waals surface area contributed by atoms with E-state index in [2.05, 4.69) is 37.1 Å². The van der Waals surface area contributed by atoms with Crippen LogP contribution >= 0.6 is 0 Å². The number of hydrogen-bond donors (Lipinski definition) is 5. The summed E-state index contributed by atoms with van der Waals surface area (Å²) in [4.78, 5) is 61.7. The van der Waals surface area contributed by atoms with Gasteiger partial charge in [-0.05, 0) is 122 Å². The summed E-state index contributed by atoms with van der Waals surface area (Å²) >= 11 is 0. The van der Waals surface area contributed by atoms with Crippen molar-refractivity contribution in [2.75, 3.05) is 6.54 Å². The Morgan fingerprint density at radius 2 is 1.30 bits per heavy atom. The van der Waals surface area contributed by atoms with Crippen molar-refractivity contribution in [1.29, 1.82) is 0 Å². The number of carbonyl (C=O) groups is 4. The molecule has 0 spiro atoms. The van der Waals surface area contributed by atoms with Crippen LogP contribution in [0.2, 0.25) is 0 Å². The van der Waals surface area contributed by atoms with Gasteiger partial charge in [0.2, 0.25) is 11.8 Å². The van der Waals surface area contributed by atoms with Crippen molar-refractivity contribution in [3.8, 4) is 0 Å². The molecule has 12 heteroatoms. The quantitative estimate of drug-likeness (QED) is 0.160. The molecule has 8 bridgehead atoms. The van der Waals surface area contributed by atoms with Crippen molar-refractivity contribution >= 4 is 68.1 Å². The van der Waals surface area contributed by atoms with E-state index < -0.39 is 17.8 Å². The number of carboxylic acids is 2. The Balaban J connectivity index is 1.95. The number of amides is 2. The van der Waals surface area contributed by atoms with E-state index in [0.29, 0.717) is 29.2 Å². The zero-order valence-corrected chi connectivity index (χ0v) is 29.4. The van der Waals surface area contributed by atoms with E-state index in [0.717, 1.165) is 73.0 Å². The van der Waals surface area contributed by atoms with Gasteiger partial charge in [0.05, 0.1) is 29.3 Å². The number of aromatic amines is 1. The predicted octanol–water partition coefficient (Wildman–Crippen LogP) is 5.72. The van der Waals surface area contributed by atoms with Crippen LogP contribution in [0.25, 0.3) is 44.4 Å². The van der Waals surface area contributed by atoms with Gasteiger partial charge in [-0.25, -0.2) is 9.97 Å². The standard InChI is InChI=1S/C38H44N6O6/c1-7-23-19(3)29-16-34-24(8-2)22(6)33(44(34)18-36(46)40-17-35(39)45)15-28-21(5)26(10-12-38(49)50)32(43-28)14-31-25(9-11-37(47)48)20(4)27(41-31)13-30(23)42-29/h13-16,42H,7-12,17-18H2,1-6H3,(H2,39,45)(H,40,46)(H,47,48)(H,49,50). The highest BCUT2D eigenvalue weighted by atomic mass is 16.4. The third kappa shape index (κ3) is 7.10. The normalized spacial score (nSPS) is 12.8. The van der Waals surface area contributed by atoms with E-state index >= 15 is 0 Å². The van der Waals surface area contributed by atoms with Crippen LogP contribution in [-0.2, 0) is 38.6 Å². The Morgan fingerprint density at radius 3 is 1.82 bits per heavy atom. The highest BCUT2D eigenvalue weighted by molar-refractivity contribution is 5.97. The molecular weight excluding hydrogens is 636 g/mol. The lowest BCUT2D eigenvalue weighted by molar-refractivity contribution is -0.137. The Hall–Kier alpha value is -5.52. The number of H-pyrrole nitrogens is 1. The summed E-state index contributed by atoms with van der Waals surface area (Å²) in [6, 6.07) is 7.81. The molecule has 0 saturated carbocycles. The first-order chi connectivity index (χ1) is 23.7. The molecule has 0 saturated heterocycles. The van der Waals surface area contributed by atoms with Gasteiger partial charge in [-0.1, -0.05) is 13.8 Å². The molecule has 0 unspecified atom stereocenters. The Bertz CT molecular complexity index is 2170. The maximum atomic E-state index is 13.2. The first-order valence-corrected chi connectivity index (χ1v) is 16.9. The summed E-state index contributed by atoms with van der Waals surface area (Å²) in [6.07, 6.45) is 1.75. The SMILES string of the molecule is CCc1c(C)c2cc3c(CC)c(C)c(cc4nc(cc5nc(cc1[nH]2)C(C)=C5CCC(=O)O)C(CCC(=O)O)=C4C)n3CC(=O)NCC(N)=O. The molecule has 2 aliphatic heterocycles. The van der Waals surface area contributed by atoms with Gasteiger partial charge in [0, 0.05) is 34.9 Å². The second-order valence-corrected chi connectivity index (χ2v) is 12.8. The van der Waals surface area contributed by atoms with Crippen LogP contribution in [0.1, 0.15) is 98.4 Å². The summed E-state index contributed by atoms with van der Waals surface area (Å²) in [5, 5.41) is 21.8. The maximum Gasteiger partial charge on any atom is 0.303 e. The monoisotopic (exact) mass is 680 g/mol. The average molecular weight is 681 g/mol. The first kappa shape index (κ1) is 35.8. The molecule has 0 aromatic carbocycles. The molecule has 262 valence electrons. The highest BCUT2D eigenvalue weighted by Gasteiger charge is 2.24. The van der Waals surface area contributed by atoms with E-state index in [1.54, 1.807) is 0 Å². The van der Waals surface area contributed by atoms with Crippen molar-refractivity contribution in [2.24, 2.45) is 5.73 Å². The van der Waals surface area contributed by atoms with E-state index in [4.69, 9.17) is 15.7 Å². The summed E-state index contributed by atoms with van der Waals surface area (Å²) in [5.74, 6) is -2.87. The summed E-state index contributed by atoms with van der Waals surface area (Å²) in [6.45, 7) is 11.7. The van der Waals surface area contributed by atoms with Crippen LogP contribution in [-0.4, -0.2) is 60.0 Å². The molecule has 2 amide bonds. The number of rotatable bonds is 12. The van der Waals surface area contributed by atoms with Crippen LogP contribution in [0.3, 0.4) is 0 Å². The van der Waals surface area contributed by atoms with Gasteiger partial charge in [-0.2, -0.15) is 0 Å². The molecular formula is C38H44N6O6. The number of aryl methyl sites for hydroxylation is 4. The minimum Gasteiger partial charge on any atom is -0.481 e. The lowest BCUT2D eigenvalue weighted by Gasteiger charge is -2.08. The van der Waals surface area contributed by atoms with Gasteiger partial charge >= 0.3 is 11.9 Å². The fraction of sp³-hybridized carbons (Fsp3) is 0.368. The van der Waals surface area contributed by atoms with Gasteiger partial charge in [0.15, 0.2) is 0 Å². The molecule has 2 aliphatic rings. The second kappa shape index (κ2) is 14.5. The third-order valence-corrected chi connectivity index (χ3v) is 9.71. The third-order valence-electron chi connectivity index (χ3n) is 9.71. The van der Waals surface area contributed by atoms with E-state index in [1.165, 1.54) is 0 Å². The number of aromatic nitrogens is 4. The number of allylic oxidation sites excluding steroid dienone is 4. The number of nitrogens with one attached hydrogen (secondary N) is 2. The first-order valence-electron chi connectivity index (χ1n) is 16.9. The minimum absolute atomic E-state index is 0.0722. The van der Waals surface area contributed by atoms with Crippen LogP contribution in [0, 0.1) is 13.8 Å². The van der Waals surface area contributed by atoms with E-state index in [-0.39, 0.29) is 44.7 Å². The van der Waals surface area contributed by atoms with Gasteiger partial charge < -0.3 is 30.8 Å². The summed E-state index contributed by atoms with van der Waals surface area (Å²) in [7, 11) is 0. The molecule has 0 radical (unpaired) electrons. The Labute approximate surface area is 290 Å². The molecule has 0 atom stereocenters. The van der Waals surface area contributed by atoms with Crippen molar-refractivity contribution in [3.05, 3.63) is 69.3 Å². The number of hydrogen-bond acceptors (Lipinski definition) is 6. The predicted molar refractivity (Wildman–Crippen MR) is 194 cm³/mol. The number of carbonyl (C=O) groups excluding carboxylic acids is 2. The van der Waals surface area contributed by atoms with Gasteiger partial charge in [0.25, 0.3) is 0 Å².